The van der Waals surface area contributed by atoms with Gasteiger partial charge in [0.2, 0.25) is 65.0 Å². The molecule has 0 radical (unpaired) electrons. The van der Waals surface area contributed by atoms with Crippen molar-refractivity contribution in [2.24, 2.45) is 17.4 Å². The van der Waals surface area contributed by atoms with E-state index in [9.17, 15) is 87.5 Å². The number of hydrogen-bond donors (Lipinski definition) is 15. The molecule has 572 valence electrons. The van der Waals surface area contributed by atoms with Gasteiger partial charge in [-0.05, 0) is 113 Å². The van der Waals surface area contributed by atoms with Gasteiger partial charge in [-0.3, -0.25) is 62.3 Å². The smallest absolute Gasteiger partial charge is 0.334 e. The van der Waals surface area contributed by atoms with Crippen LogP contribution in [0.4, 0.5) is 0 Å². The Bertz CT molecular complexity index is 3150. The molecular weight excluding hydrogens is 1340 g/mol. The molecular formula is C72H110N12O19. The standard InChI is InChI=1S/C72H110N12O19/c1-6-8-9-10-11-12-13-14-15-16-17-18-19-24-58(88)76-51(34-37-59(89)90)65(95)77-50(22-20-39-73)64(94)80-55-42-47-27-31-49(32-28-47)103-72(102)61(43(3)7-2)82-67(97)54(41-46-25-29-48(86)30-26-46)81-66(96)52(33-36-57(74)87)78-69(99)56-23-21-40-84(56)71(101)44(4)75-63(93)53(35-38-60(91)92)79-70(100)62(45(5)85)83-68(55)98/h25-32,43-45,50-56,61-62,85-86H,6-24,33-42,73H2,1-5H3,(H2,74,87)(H,75,93)(H,76,88)(H,77,95)(H,78,99)(H,79,100)(H,80,94)(H,81,96)(H,82,97)(H,83,98)(H,89,90)(H,91,92)/t43-,44+,45+,50+,51-,52-,53-,54+,55-,56-,61-,62+/m0/s1. The zero-order valence-electron chi connectivity index (χ0n) is 60.1. The number of aliphatic hydroxyl groups excluding tert-OH is 1. The maximum atomic E-state index is 14.8. The van der Waals surface area contributed by atoms with Crippen LogP contribution in [0.5, 0.6) is 11.5 Å². The van der Waals surface area contributed by atoms with Crippen molar-refractivity contribution in [1.29, 1.82) is 0 Å². The Morgan fingerprint density at radius 1 is 0.602 bits per heavy atom. The molecule has 0 saturated carbocycles. The molecule has 103 heavy (non-hydrogen) atoms. The van der Waals surface area contributed by atoms with Gasteiger partial charge in [0.05, 0.1) is 6.10 Å². The quantitative estimate of drug-likeness (QED) is 0.0201. The number of esters is 1. The molecule has 11 amide bonds. The molecule has 0 aromatic heterocycles. The number of fused-ring (bicyclic) bond motifs is 23. The minimum absolute atomic E-state index is 0.00766. The summed E-state index contributed by atoms with van der Waals surface area (Å²) in [6, 6.07) is -4.50. The van der Waals surface area contributed by atoms with Crippen LogP contribution in [0.2, 0.25) is 0 Å². The molecule has 3 heterocycles. The minimum Gasteiger partial charge on any atom is -0.508 e. The summed E-state index contributed by atoms with van der Waals surface area (Å²) < 4.78 is 5.83. The van der Waals surface area contributed by atoms with Gasteiger partial charge in [0.25, 0.3) is 0 Å². The number of carbonyl (C=O) groups is 14. The SMILES string of the molecule is CCCCCCCCCCCCCCCC(=O)N[C@@H](CCC(=O)O)C(=O)N[C@H](CCCN)C(=O)N[C@H]1Cc2ccc(cc2)OC(=O)[C@H]([C@@H](C)CC)NC(=O)[C@@H](Cc2ccc(O)cc2)NC(=O)[C@H](CCC(N)=O)NC(=O)[C@@H]2CCCN2C(=O)[C@@H](C)NC(=O)[C@H](CCC(=O)O)NC(=O)[C@@H]([C@@H](C)O)NC1=O. The van der Waals surface area contributed by atoms with Crippen molar-refractivity contribution >= 4 is 82.9 Å². The van der Waals surface area contributed by atoms with Crippen LogP contribution in [0.1, 0.15) is 206 Å². The van der Waals surface area contributed by atoms with Crippen molar-refractivity contribution in [2.75, 3.05) is 13.1 Å². The van der Waals surface area contributed by atoms with Gasteiger partial charge in [-0.15, -0.1) is 0 Å². The number of nitrogens with zero attached hydrogens (tertiary/aromatic N) is 1. The van der Waals surface area contributed by atoms with Crippen molar-refractivity contribution in [3.8, 4) is 11.5 Å². The summed E-state index contributed by atoms with van der Waals surface area (Å²) >= 11 is 0. The van der Waals surface area contributed by atoms with Gasteiger partial charge in [0.1, 0.15) is 71.9 Å². The Labute approximate surface area is 601 Å². The number of aromatic hydroxyl groups is 1. The number of hydrogen-bond acceptors (Lipinski definition) is 18. The molecule has 17 N–H and O–H groups in total. The third kappa shape index (κ3) is 31.1. The highest BCUT2D eigenvalue weighted by molar-refractivity contribution is 5.99. The first-order chi connectivity index (χ1) is 49.0. The maximum absolute atomic E-state index is 14.8. The van der Waals surface area contributed by atoms with E-state index in [1.54, 1.807) is 13.8 Å². The van der Waals surface area contributed by atoms with Gasteiger partial charge in [-0.1, -0.05) is 129 Å². The van der Waals surface area contributed by atoms with E-state index >= 15 is 0 Å². The van der Waals surface area contributed by atoms with Crippen molar-refractivity contribution in [1.82, 2.24) is 52.8 Å². The Hall–Kier alpha value is -9.26. The van der Waals surface area contributed by atoms with Crippen LogP contribution >= 0.6 is 0 Å². The fraction of sp³-hybridized carbons (Fsp3) is 0.639. The first kappa shape index (κ1) is 86.1. The molecule has 31 nitrogen and oxygen atoms in total. The normalized spacial score (nSPS) is 21.7. The van der Waals surface area contributed by atoms with Crippen molar-refractivity contribution in [2.45, 2.75) is 275 Å². The topological polar surface area (TPSA) is 493 Å². The lowest BCUT2D eigenvalue weighted by Gasteiger charge is -2.30. The predicted octanol–water partition coefficient (Wildman–Crippen LogP) is 2.11. The number of benzene rings is 2. The number of nitrogens with two attached hydrogens (primary N) is 2. The number of nitrogens with one attached hydrogen (secondary N) is 9. The molecule has 0 unspecified atom stereocenters. The van der Waals surface area contributed by atoms with Crippen molar-refractivity contribution in [3.63, 3.8) is 0 Å². The van der Waals surface area contributed by atoms with E-state index < -0.39 is 187 Å². The first-order valence-corrected chi connectivity index (χ1v) is 36.3. The van der Waals surface area contributed by atoms with Crippen molar-refractivity contribution in [3.05, 3.63) is 59.7 Å². The fourth-order valence-corrected chi connectivity index (χ4v) is 12.0. The van der Waals surface area contributed by atoms with Gasteiger partial charge in [-0.2, -0.15) is 0 Å². The van der Waals surface area contributed by atoms with Crippen LogP contribution < -0.4 is 64.1 Å². The zero-order chi connectivity index (χ0) is 76.1. The second-order valence-corrected chi connectivity index (χ2v) is 26.9. The minimum atomic E-state index is -1.96. The van der Waals surface area contributed by atoms with E-state index in [1.807, 2.05) is 0 Å². The van der Waals surface area contributed by atoms with Crippen LogP contribution in [0.15, 0.2) is 48.5 Å². The second kappa shape index (κ2) is 45.7. The number of carboxylic acids is 2. The van der Waals surface area contributed by atoms with E-state index in [4.69, 9.17) is 16.2 Å². The summed E-state index contributed by atoms with van der Waals surface area (Å²) in [6.45, 7) is 7.92. The Balaban J connectivity index is 1.74. The number of unbranched alkanes of at least 4 members (excludes halogenated alkanes) is 12. The van der Waals surface area contributed by atoms with Gasteiger partial charge in [0.15, 0.2) is 0 Å². The lowest BCUT2D eigenvalue weighted by molar-refractivity contribution is -0.143. The molecule has 1 fully saturated rings. The summed E-state index contributed by atoms with van der Waals surface area (Å²) in [6.07, 6.45) is 9.10. The highest BCUT2D eigenvalue weighted by Crippen LogP contribution is 2.23. The lowest BCUT2D eigenvalue weighted by atomic mass is 9.97. The fourth-order valence-electron chi connectivity index (χ4n) is 12.0. The predicted molar refractivity (Wildman–Crippen MR) is 377 cm³/mol. The Morgan fingerprint density at radius 2 is 1.15 bits per heavy atom. The number of aliphatic carboxylic acids is 2. The molecule has 0 aliphatic carbocycles. The van der Waals surface area contributed by atoms with E-state index in [2.05, 4.69) is 54.8 Å². The zero-order valence-corrected chi connectivity index (χ0v) is 60.1. The molecule has 0 spiro atoms. The van der Waals surface area contributed by atoms with Crippen LogP contribution in [0.25, 0.3) is 0 Å². The number of carboxylic acid groups (broad SMARTS) is 2. The third-order valence-electron chi connectivity index (χ3n) is 18.3. The second-order valence-electron chi connectivity index (χ2n) is 26.9. The lowest BCUT2D eigenvalue weighted by Crippen LogP contribution is -2.62. The Kier molecular flexibility index (Phi) is 38.2. The molecule has 3 aliphatic rings. The molecule has 5 rings (SSSR count). The number of phenolic OH excluding ortho intramolecular Hbond substituents is 1. The average molecular weight is 1450 g/mol. The number of phenols is 1. The number of rotatable bonds is 36. The van der Waals surface area contributed by atoms with E-state index in [-0.39, 0.29) is 81.5 Å². The van der Waals surface area contributed by atoms with Gasteiger partial charge in [0, 0.05) is 45.1 Å². The largest absolute Gasteiger partial charge is 0.508 e. The van der Waals surface area contributed by atoms with Crippen LogP contribution in [-0.4, -0.2) is 188 Å². The summed E-state index contributed by atoms with van der Waals surface area (Å²) in [5, 5.41) is 63.5. The number of amides is 11. The first-order valence-electron chi connectivity index (χ1n) is 36.3. The number of ether oxygens (including phenoxy) is 1. The van der Waals surface area contributed by atoms with Crippen molar-refractivity contribution < 1.29 is 92.3 Å². The van der Waals surface area contributed by atoms with Gasteiger partial charge in [-0.25, -0.2) is 4.79 Å². The monoisotopic (exact) mass is 1450 g/mol. The molecule has 1 saturated heterocycles. The summed E-state index contributed by atoms with van der Waals surface area (Å²) in [5.74, 6) is -14.8. The highest BCUT2D eigenvalue weighted by Gasteiger charge is 2.41. The molecule has 12 atom stereocenters. The van der Waals surface area contributed by atoms with Crippen LogP contribution in [0.3, 0.4) is 0 Å². The molecule has 2 bridgehead atoms. The molecule has 31 heteroatoms. The van der Waals surface area contributed by atoms with Crippen LogP contribution in [-0.2, 0) is 80.0 Å². The maximum Gasteiger partial charge on any atom is 0.334 e. The highest BCUT2D eigenvalue weighted by atomic mass is 16.5. The number of aliphatic hydroxyl groups is 1. The number of primary amides is 1. The Morgan fingerprint density at radius 3 is 1.72 bits per heavy atom. The van der Waals surface area contributed by atoms with Crippen LogP contribution in [0, 0.1) is 5.92 Å². The van der Waals surface area contributed by atoms with Gasteiger partial charge >= 0.3 is 17.9 Å². The third-order valence-corrected chi connectivity index (χ3v) is 18.3. The molecule has 2 aromatic rings. The molecule has 3 aliphatic heterocycles. The van der Waals surface area contributed by atoms with E-state index in [1.165, 1.54) is 100 Å². The van der Waals surface area contributed by atoms with E-state index in [0.29, 0.717) is 18.4 Å². The number of carbonyl (C=O) groups excluding carboxylic acids is 12. The van der Waals surface area contributed by atoms with E-state index in [0.717, 1.165) is 43.9 Å². The summed E-state index contributed by atoms with van der Waals surface area (Å²) in [4.78, 5) is 194. The van der Waals surface area contributed by atoms with Gasteiger partial charge < -0.3 is 89.4 Å². The summed E-state index contributed by atoms with van der Waals surface area (Å²) in [7, 11) is 0. The summed E-state index contributed by atoms with van der Waals surface area (Å²) in [5.41, 5.74) is 12.1. The average Bonchev–Trinajstić information content (AvgIpc) is 1.79. The molecule has 2 aromatic carbocycles.